The maximum Gasteiger partial charge on any atom is 0.236 e. The van der Waals surface area contributed by atoms with Gasteiger partial charge in [0.2, 0.25) is 5.78 Å². The number of carbonyl (C=O) groups is 1. The zero-order chi connectivity index (χ0) is 12.8. The zero-order valence-electron chi connectivity index (χ0n) is 9.76. The highest BCUT2D eigenvalue weighted by atomic mass is 16.3. The third-order valence-electron chi connectivity index (χ3n) is 2.49. The molecule has 2 nitrogen and oxygen atoms in total. The number of aliphatic hydroxyl groups excluding tert-OH is 1. The van der Waals surface area contributed by atoms with Gasteiger partial charge in [-0.1, -0.05) is 48.4 Å². The molecule has 0 amide bonds. The van der Waals surface area contributed by atoms with Crippen molar-refractivity contribution in [3.63, 3.8) is 0 Å². The normalized spacial score (nSPS) is 9.39. The lowest BCUT2D eigenvalue weighted by Gasteiger charge is -1.96. The highest BCUT2D eigenvalue weighted by molar-refractivity contribution is 6.09. The maximum absolute atomic E-state index is 11.8. The van der Waals surface area contributed by atoms with Crippen LogP contribution in [0, 0.1) is 11.8 Å². The maximum atomic E-state index is 11.8. The summed E-state index contributed by atoms with van der Waals surface area (Å²) in [6.07, 6.45) is 0. The Hall–Kier alpha value is -2.37. The molecule has 0 saturated heterocycles. The average Bonchev–Trinajstić information content (AvgIpc) is 2.46. The SMILES string of the molecule is O=C(C#Cc1ccccc1)c1ccc(CO)cc1. The first kappa shape index (κ1) is 12.1. The molecule has 0 unspecified atom stereocenters. The van der Waals surface area contributed by atoms with Crippen LogP contribution in [0.3, 0.4) is 0 Å². The smallest absolute Gasteiger partial charge is 0.236 e. The summed E-state index contributed by atoms with van der Waals surface area (Å²) in [4.78, 5) is 11.8. The second kappa shape index (κ2) is 5.81. The minimum absolute atomic E-state index is 0.0236. The standard InChI is InChI=1S/C16H12O2/c17-12-14-6-9-15(10-7-14)16(18)11-8-13-4-2-1-3-5-13/h1-7,9-10,17H,12H2. The van der Waals surface area contributed by atoms with Crippen molar-refractivity contribution >= 4 is 5.78 Å². The van der Waals surface area contributed by atoms with Crippen LogP contribution in [0.1, 0.15) is 21.5 Å². The van der Waals surface area contributed by atoms with Gasteiger partial charge < -0.3 is 5.11 Å². The van der Waals surface area contributed by atoms with Gasteiger partial charge in [0.05, 0.1) is 6.61 Å². The quantitative estimate of drug-likeness (QED) is 0.642. The topological polar surface area (TPSA) is 37.3 Å². The number of hydrogen-bond donors (Lipinski definition) is 1. The molecule has 0 aliphatic rings. The van der Waals surface area contributed by atoms with E-state index in [0.29, 0.717) is 5.56 Å². The van der Waals surface area contributed by atoms with Gasteiger partial charge in [-0.05, 0) is 23.6 Å². The van der Waals surface area contributed by atoms with Crippen LogP contribution in [-0.4, -0.2) is 10.9 Å². The molecule has 18 heavy (non-hydrogen) atoms. The van der Waals surface area contributed by atoms with E-state index in [9.17, 15) is 4.79 Å². The van der Waals surface area contributed by atoms with Crippen molar-refractivity contribution in [3.8, 4) is 11.8 Å². The van der Waals surface area contributed by atoms with Gasteiger partial charge >= 0.3 is 0 Å². The van der Waals surface area contributed by atoms with Crippen LogP contribution in [0.5, 0.6) is 0 Å². The van der Waals surface area contributed by atoms with E-state index in [2.05, 4.69) is 11.8 Å². The van der Waals surface area contributed by atoms with Crippen LogP contribution < -0.4 is 0 Å². The van der Waals surface area contributed by atoms with Crippen molar-refractivity contribution in [3.05, 3.63) is 71.3 Å². The fourth-order valence-electron chi connectivity index (χ4n) is 1.48. The molecule has 88 valence electrons. The molecule has 0 saturated carbocycles. The van der Waals surface area contributed by atoms with E-state index in [-0.39, 0.29) is 12.4 Å². The van der Waals surface area contributed by atoms with Crippen molar-refractivity contribution in [1.29, 1.82) is 0 Å². The fourth-order valence-corrected chi connectivity index (χ4v) is 1.48. The van der Waals surface area contributed by atoms with Crippen molar-refractivity contribution in [2.75, 3.05) is 0 Å². The first-order valence-corrected chi connectivity index (χ1v) is 5.61. The zero-order valence-corrected chi connectivity index (χ0v) is 9.76. The molecule has 0 aliphatic carbocycles. The Labute approximate surface area is 106 Å². The third kappa shape index (κ3) is 3.07. The number of Topliss-reactive ketones (excluding diaryl/α,β-unsaturated/α-hetero) is 1. The van der Waals surface area contributed by atoms with E-state index in [1.165, 1.54) is 0 Å². The van der Waals surface area contributed by atoms with Crippen molar-refractivity contribution < 1.29 is 9.90 Å². The van der Waals surface area contributed by atoms with Crippen molar-refractivity contribution in [1.82, 2.24) is 0 Å². The lowest BCUT2D eigenvalue weighted by molar-refractivity contribution is 0.105. The van der Waals surface area contributed by atoms with E-state index in [1.807, 2.05) is 30.3 Å². The molecule has 0 atom stereocenters. The molecule has 0 spiro atoms. The van der Waals surface area contributed by atoms with Crippen molar-refractivity contribution in [2.45, 2.75) is 6.61 Å². The van der Waals surface area contributed by atoms with Gasteiger partial charge in [0.25, 0.3) is 0 Å². The van der Waals surface area contributed by atoms with E-state index >= 15 is 0 Å². The van der Waals surface area contributed by atoms with E-state index in [1.54, 1.807) is 24.3 Å². The monoisotopic (exact) mass is 236 g/mol. The van der Waals surface area contributed by atoms with Crippen LogP contribution in [0.2, 0.25) is 0 Å². The predicted molar refractivity (Wildman–Crippen MR) is 70.0 cm³/mol. The number of benzene rings is 2. The summed E-state index contributed by atoms with van der Waals surface area (Å²) < 4.78 is 0. The average molecular weight is 236 g/mol. The number of rotatable bonds is 2. The molecule has 2 aromatic carbocycles. The summed E-state index contributed by atoms with van der Waals surface area (Å²) in [6.45, 7) is -0.0236. The molecule has 0 radical (unpaired) electrons. The summed E-state index contributed by atoms with van der Waals surface area (Å²) in [5.41, 5.74) is 2.14. The van der Waals surface area contributed by atoms with Crippen molar-refractivity contribution in [2.24, 2.45) is 0 Å². The van der Waals surface area contributed by atoms with Gasteiger partial charge in [-0.15, -0.1) is 0 Å². The highest BCUT2D eigenvalue weighted by Crippen LogP contribution is 2.05. The largest absolute Gasteiger partial charge is 0.392 e. The van der Waals surface area contributed by atoms with E-state index in [4.69, 9.17) is 5.11 Å². The van der Waals surface area contributed by atoms with Crippen LogP contribution in [0.4, 0.5) is 0 Å². The summed E-state index contributed by atoms with van der Waals surface area (Å²) in [6, 6.07) is 16.2. The Bertz CT molecular complexity index is 586. The lowest BCUT2D eigenvalue weighted by Crippen LogP contribution is -1.95. The van der Waals surface area contributed by atoms with Gasteiger partial charge in [0, 0.05) is 11.1 Å². The Kier molecular flexibility index (Phi) is 3.90. The van der Waals surface area contributed by atoms with Crippen LogP contribution in [0.25, 0.3) is 0 Å². The minimum atomic E-state index is -0.219. The van der Waals surface area contributed by atoms with Gasteiger partial charge in [-0.2, -0.15) is 0 Å². The number of aliphatic hydroxyl groups is 1. The molecule has 1 N–H and O–H groups in total. The lowest BCUT2D eigenvalue weighted by atomic mass is 10.1. The minimum Gasteiger partial charge on any atom is -0.392 e. The molecule has 2 aromatic rings. The summed E-state index contributed by atoms with van der Waals surface area (Å²) in [5.74, 6) is 5.20. The van der Waals surface area contributed by atoms with Crippen LogP contribution in [0.15, 0.2) is 54.6 Å². The molecule has 2 heteroatoms. The Morgan fingerprint density at radius 1 is 1.00 bits per heavy atom. The van der Waals surface area contributed by atoms with Crippen LogP contribution >= 0.6 is 0 Å². The van der Waals surface area contributed by atoms with Gasteiger partial charge in [0.15, 0.2) is 0 Å². The Balaban J connectivity index is 2.15. The van der Waals surface area contributed by atoms with Gasteiger partial charge in [0.1, 0.15) is 0 Å². The molecule has 0 heterocycles. The molecular weight excluding hydrogens is 224 g/mol. The predicted octanol–water partition coefficient (Wildman–Crippen LogP) is 2.41. The third-order valence-corrected chi connectivity index (χ3v) is 2.49. The first-order valence-electron chi connectivity index (χ1n) is 5.61. The van der Waals surface area contributed by atoms with E-state index < -0.39 is 0 Å². The first-order chi connectivity index (χ1) is 8.79. The second-order valence-electron chi connectivity index (χ2n) is 3.80. The highest BCUT2D eigenvalue weighted by Gasteiger charge is 2.01. The summed E-state index contributed by atoms with van der Waals surface area (Å²) in [7, 11) is 0. The second-order valence-corrected chi connectivity index (χ2v) is 3.80. The number of carbonyl (C=O) groups excluding carboxylic acids is 1. The molecule has 0 aromatic heterocycles. The van der Waals surface area contributed by atoms with E-state index in [0.717, 1.165) is 11.1 Å². The number of ketones is 1. The van der Waals surface area contributed by atoms with Gasteiger partial charge in [-0.3, -0.25) is 4.79 Å². The molecule has 0 bridgehead atoms. The Morgan fingerprint density at radius 2 is 1.67 bits per heavy atom. The van der Waals surface area contributed by atoms with Gasteiger partial charge in [-0.25, -0.2) is 0 Å². The molecule has 0 aliphatic heterocycles. The Morgan fingerprint density at radius 3 is 2.28 bits per heavy atom. The molecular formula is C16H12O2. The summed E-state index contributed by atoms with van der Waals surface area (Å²) in [5, 5.41) is 8.91. The fraction of sp³-hybridized carbons (Fsp3) is 0.0625. The summed E-state index contributed by atoms with van der Waals surface area (Å²) >= 11 is 0. The molecule has 2 rings (SSSR count). The number of hydrogen-bond acceptors (Lipinski definition) is 2. The molecule has 0 fully saturated rings. The van der Waals surface area contributed by atoms with Crippen LogP contribution in [-0.2, 0) is 6.61 Å².